The molecule has 4 nitrogen and oxygen atoms in total. The van der Waals surface area contributed by atoms with Gasteiger partial charge in [-0.05, 0) is 19.1 Å². The van der Waals surface area contributed by atoms with Crippen LogP contribution in [0.3, 0.4) is 0 Å². The summed E-state index contributed by atoms with van der Waals surface area (Å²) in [5.74, 6) is 0.281. The van der Waals surface area contributed by atoms with Crippen LogP contribution in [0.5, 0.6) is 5.75 Å². The Morgan fingerprint density at radius 2 is 2.20 bits per heavy atom. The summed E-state index contributed by atoms with van der Waals surface area (Å²) in [5.41, 5.74) is 1.14. The van der Waals surface area contributed by atoms with E-state index in [4.69, 9.17) is 9.47 Å². The Morgan fingerprint density at radius 3 is 2.73 bits per heavy atom. The molecule has 0 saturated heterocycles. The van der Waals surface area contributed by atoms with Crippen LogP contribution in [0.25, 0.3) is 0 Å². The highest BCUT2D eigenvalue weighted by molar-refractivity contribution is 5.97. The van der Waals surface area contributed by atoms with Gasteiger partial charge in [-0.25, -0.2) is 4.79 Å². The van der Waals surface area contributed by atoms with Crippen LogP contribution in [-0.2, 0) is 4.74 Å². The first-order valence-electron chi connectivity index (χ1n) is 4.76. The highest BCUT2D eigenvalue weighted by Crippen LogP contribution is 2.28. The molecule has 0 saturated carbocycles. The molecule has 1 rings (SSSR count). The Morgan fingerprint density at radius 1 is 1.47 bits per heavy atom. The molecule has 82 valence electrons. The average molecular weight is 209 g/mol. The van der Waals surface area contributed by atoms with E-state index in [1.165, 1.54) is 0 Å². The third-order valence-corrected chi connectivity index (χ3v) is 1.99. The lowest BCUT2D eigenvalue weighted by Gasteiger charge is -2.12. The van der Waals surface area contributed by atoms with Crippen LogP contribution in [0, 0.1) is 0 Å². The van der Waals surface area contributed by atoms with E-state index in [2.05, 4.69) is 5.32 Å². The molecule has 0 aliphatic rings. The molecule has 4 heteroatoms. The zero-order chi connectivity index (χ0) is 11.3. The Balaban J connectivity index is 3.11. The number of para-hydroxylation sites is 1. The largest absolute Gasteiger partial charge is 0.495 e. The van der Waals surface area contributed by atoms with Crippen molar-refractivity contribution in [2.75, 3.05) is 26.1 Å². The molecule has 0 aromatic heterocycles. The van der Waals surface area contributed by atoms with Gasteiger partial charge in [0.25, 0.3) is 0 Å². The standard InChI is InChI=1S/C11H15NO3/c1-4-15-11(13)8-6-5-7-9(14-3)10(8)12-2/h5-7,12H,4H2,1-3H3. The van der Waals surface area contributed by atoms with Crippen LogP contribution < -0.4 is 10.1 Å². The number of benzene rings is 1. The van der Waals surface area contributed by atoms with Crippen molar-refractivity contribution in [1.82, 2.24) is 0 Å². The second kappa shape index (κ2) is 5.24. The summed E-state index contributed by atoms with van der Waals surface area (Å²) in [5, 5.41) is 2.93. The maximum atomic E-state index is 11.6. The van der Waals surface area contributed by atoms with Gasteiger partial charge in [0.2, 0.25) is 0 Å². The molecule has 0 spiro atoms. The van der Waals surface area contributed by atoms with Crippen LogP contribution in [0.2, 0.25) is 0 Å². The van der Waals surface area contributed by atoms with Crippen molar-refractivity contribution in [3.8, 4) is 5.75 Å². The fraction of sp³-hybridized carbons (Fsp3) is 0.364. The quantitative estimate of drug-likeness (QED) is 0.769. The minimum Gasteiger partial charge on any atom is -0.495 e. The minimum absolute atomic E-state index is 0.347. The van der Waals surface area contributed by atoms with Gasteiger partial charge in [-0.3, -0.25) is 0 Å². The zero-order valence-corrected chi connectivity index (χ0v) is 9.16. The number of anilines is 1. The minimum atomic E-state index is -0.347. The van der Waals surface area contributed by atoms with Crippen LogP contribution in [0.15, 0.2) is 18.2 Å². The van der Waals surface area contributed by atoms with Crippen molar-refractivity contribution in [1.29, 1.82) is 0 Å². The fourth-order valence-corrected chi connectivity index (χ4v) is 1.34. The maximum absolute atomic E-state index is 11.6. The van der Waals surface area contributed by atoms with Gasteiger partial charge in [-0.15, -0.1) is 0 Å². The van der Waals surface area contributed by atoms with Crippen LogP contribution in [-0.4, -0.2) is 26.7 Å². The second-order valence-electron chi connectivity index (χ2n) is 2.85. The van der Waals surface area contributed by atoms with E-state index in [1.54, 1.807) is 39.3 Å². The third kappa shape index (κ3) is 2.40. The monoisotopic (exact) mass is 209 g/mol. The first-order chi connectivity index (χ1) is 7.24. The van der Waals surface area contributed by atoms with E-state index >= 15 is 0 Å². The van der Waals surface area contributed by atoms with Gasteiger partial charge in [-0.1, -0.05) is 6.07 Å². The molecule has 0 radical (unpaired) electrons. The van der Waals surface area contributed by atoms with Crippen LogP contribution in [0.4, 0.5) is 5.69 Å². The van der Waals surface area contributed by atoms with Crippen LogP contribution >= 0.6 is 0 Å². The van der Waals surface area contributed by atoms with E-state index in [9.17, 15) is 4.79 Å². The zero-order valence-electron chi connectivity index (χ0n) is 9.16. The van der Waals surface area contributed by atoms with Gasteiger partial charge < -0.3 is 14.8 Å². The number of hydrogen-bond donors (Lipinski definition) is 1. The van der Waals surface area contributed by atoms with Crippen molar-refractivity contribution in [3.63, 3.8) is 0 Å². The topological polar surface area (TPSA) is 47.6 Å². The molecule has 0 heterocycles. The number of carbonyl (C=O) groups is 1. The van der Waals surface area contributed by atoms with E-state index in [-0.39, 0.29) is 5.97 Å². The van der Waals surface area contributed by atoms with E-state index in [0.29, 0.717) is 23.6 Å². The number of carbonyl (C=O) groups excluding carboxylic acids is 1. The molecule has 0 fully saturated rings. The van der Waals surface area contributed by atoms with Gasteiger partial charge >= 0.3 is 5.97 Å². The lowest BCUT2D eigenvalue weighted by atomic mass is 10.1. The second-order valence-corrected chi connectivity index (χ2v) is 2.85. The lowest BCUT2D eigenvalue weighted by Crippen LogP contribution is -2.08. The highest BCUT2D eigenvalue weighted by Gasteiger charge is 2.14. The Bertz CT molecular complexity index is 350. The fourth-order valence-electron chi connectivity index (χ4n) is 1.34. The molecule has 0 aliphatic heterocycles. The number of hydrogen-bond acceptors (Lipinski definition) is 4. The third-order valence-electron chi connectivity index (χ3n) is 1.99. The van der Waals surface area contributed by atoms with Crippen molar-refractivity contribution in [2.24, 2.45) is 0 Å². The first kappa shape index (κ1) is 11.4. The van der Waals surface area contributed by atoms with Crippen molar-refractivity contribution in [3.05, 3.63) is 23.8 Å². The molecule has 1 N–H and O–H groups in total. The predicted octanol–water partition coefficient (Wildman–Crippen LogP) is 1.91. The van der Waals surface area contributed by atoms with Crippen molar-refractivity contribution in [2.45, 2.75) is 6.92 Å². The molecular formula is C11H15NO3. The van der Waals surface area contributed by atoms with Gasteiger partial charge in [0.05, 0.1) is 25.0 Å². The van der Waals surface area contributed by atoms with Gasteiger partial charge in [0.15, 0.2) is 0 Å². The van der Waals surface area contributed by atoms with Crippen molar-refractivity contribution < 1.29 is 14.3 Å². The van der Waals surface area contributed by atoms with Crippen molar-refractivity contribution >= 4 is 11.7 Å². The number of esters is 1. The normalized spacial score (nSPS) is 9.53. The summed E-state index contributed by atoms with van der Waals surface area (Å²) >= 11 is 0. The summed E-state index contributed by atoms with van der Waals surface area (Å²) in [6, 6.07) is 5.24. The highest BCUT2D eigenvalue weighted by atomic mass is 16.5. The average Bonchev–Trinajstić information content (AvgIpc) is 2.28. The number of rotatable bonds is 4. The molecule has 0 unspecified atom stereocenters. The molecule has 0 aliphatic carbocycles. The molecule has 0 amide bonds. The summed E-state index contributed by atoms with van der Waals surface area (Å²) in [6.07, 6.45) is 0. The van der Waals surface area contributed by atoms with E-state index in [1.807, 2.05) is 0 Å². The maximum Gasteiger partial charge on any atom is 0.340 e. The smallest absolute Gasteiger partial charge is 0.340 e. The Hall–Kier alpha value is -1.71. The molecule has 0 bridgehead atoms. The molecule has 1 aromatic carbocycles. The van der Waals surface area contributed by atoms with Gasteiger partial charge in [0.1, 0.15) is 5.75 Å². The summed E-state index contributed by atoms with van der Waals surface area (Å²) in [6.45, 7) is 2.14. The first-order valence-corrected chi connectivity index (χ1v) is 4.76. The number of nitrogens with one attached hydrogen (secondary N) is 1. The summed E-state index contributed by atoms with van der Waals surface area (Å²) < 4.78 is 10.1. The molecule has 15 heavy (non-hydrogen) atoms. The predicted molar refractivity (Wildman–Crippen MR) is 58.5 cm³/mol. The number of methoxy groups -OCH3 is 1. The van der Waals surface area contributed by atoms with Gasteiger partial charge in [0, 0.05) is 7.05 Å². The van der Waals surface area contributed by atoms with E-state index < -0.39 is 0 Å². The summed E-state index contributed by atoms with van der Waals surface area (Å²) in [7, 11) is 3.30. The SMILES string of the molecule is CCOC(=O)c1cccc(OC)c1NC. The lowest BCUT2D eigenvalue weighted by molar-refractivity contribution is 0.0527. The van der Waals surface area contributed by atoms with Crippen LogP contribution in [0.1, 0.15) is 17.3 Å². The Labute approximate surface area is 89.2 Å². The molecular weight excluding hydrogens is 194 g/mol. The molecule has 0 atom stereocenters. The summed E-state index contributed by atoms with van der Waals surface area (Å²) in [4.78, 5) is 11.6. The molecule has 1 aromatic rings. The van der Waals surface area contributed by atoms with Gasteiger partial charge in [-0.2, -0.15) is 0 Å². The number of ether oxygens (including phenoxy) is 2. The van der Waals surface area contributed by atoms with E-state index in [0.717, 1.165) is 0 Å². The Kier molecular flexibility index (Phi) is 3.97.